The van der Waals surface area contributed by atoms with Crippen LogP contribution in [0.5, 0.6) is 0 Å². The molecule has 0 fully saturated rings. The van der Waals surface area contributed by atoms with Crippen molar-refractivity contribution in [3.8, 4) is 0 Å². The molecule has 0 saturated heterocycles. The summed E-state index contributed by atoms with van der Waals surface area (Å²) in [6.45, 7) is 8.00. The Bertz CT molecular complexity index is 96.1. The summed E-state index contributed by atoms with van der Waals surface area (Å²) in [5.41, 5.74) is 0. The first-order chi connectivity index (χ1) is 5.39. The van der Waals surface area contributed by atoms with Crippen molar-refractivity contribution < 1.29 is 4.74 Å². The Labute approximate surface area is 70.2 Å². The van der Waals surface area contributed by atoms with Crippen LogP contribution in [0.4, 0.5) is 0 Å². The number of ether oxygens (including phenoxy) is 1. The van der Waals surface area contributed by atoms with Crippen molar-refractivity contribution in [2.75, 3.05) is 7.05 Å². The minimum Gasteiger partial charge on any atom is -0.470 e. The van der Waals surface area contributed by atoms with E-state index in [4.69, 9.17) is 4.74 Å². The van der Waals surface area contributed by atoms with Gasteiger partial charge in [0.05, 0.1) is 0 Å². The lowest BCUT2D eigenvalue weighted by molar-refractivity contribution is 0.361. The smallest absolute Gasteiger partial charge is 0.106 e. The highest BCUT2D eigenvalue weighted by molar-refractivity contribution is 4.89. The summed E-state index contributed by atoms with van der Waals surface area (Å²) in [6.07, 6.45) is 6.92. The van der Waals surface area contributed by atoms with Gasteiger partial charge >= 0.3 is 0 Å². The normalized spacial score (nSPS) is 11.9. The van der Waals surface area contributed by atoms with Crippen LogP contribution < -0.4 is 0 Å². The molecule has 0 atom stereocenters. The van der Waals surface area contributed by atoms with Crippen molar-refractivity contribution in [2.45, 2.75) is 27.7 Å². The first-order valence-electron chi connectivity index (χ1n) is 4.10. The molecule has 0 spiro atoms. The molecule has 1 heterocycles. The van der Waals surface area contributed by atoms with Gasteiger partial charge in [0, 0.05) is 19.4 Å². The third-order valence-corrected chi connectivity index (χ3v) is 0.749. The summed E-state index contributed by atoms with van der Waals surface area (Å²) >= 11 is 0. The van der Waals surface area contributed by atoms with Gasteiger partial charge in [0.2, 0.25) is 0 Å². The van der Waals surface area contributed by atoms with Gasteiger partial charge in [-0.15, -0.1) is 0 Å². The predicted octanol–water partition coefficient (Wildman–Crippen LogP) is 2.94. The highest BCUT2D eigenvalue weighted by atomic mass is 16.5. The molecule has 0 amide bonds. The topological polar surface area (TPSA) is 12.5 Å². The predicted molar refractivity (Wildman–Crippen MR) is 49.8 cm³/mol. The van der Waals surface area contributed by atoms with E-state index >= 15 is 0 Å². The molecule has 0 aliphatic carbocycles. The van der Waals surface area contributed by atoms with Crippen molar-refractivity contribution in [2.24, 2.45) is 0 Å². The molecule has 0 aromatic rings. The molecule has 0 aromatic heterocycles. The Morgan fingerprint density at radius 3 is 1.45 bits per heavy atom. The molecule has 2 nitrogen and oxygen atoms in total. The fourth-order valence-electron chi connectivity index (χ4n) is 0.357. The van der Waals surface area contributed by atoms with Crippen LogP contribution >= 0.6 is 0 Å². The average molecular weight is 157 g/mol. The lowest BCUT2D eigenvalue weighted by atomic mass is 10.7. The molecule has 0 N–H and O–H groups in total. The third-order valence-electron chi connectivity index (χ3n) is 0.749. The summed E-state index contributed by atoms with van der Waals surface area (Å²) in [5, 5.41) is 0. The highest BCUT2D eigenvalue weighted by Crippen LogP contribution is 1.93. The van der Waals surface area contributed by atoms with Crippen LogP contribution in [0.15, 0.2) is 24.9 Å². The van der Waals surface area contributed by atoms with Gasteiger partial charge in [-0.1, -0.05) is 27.7 Å². The number of hydrogen-bond donors (Lipinski definition) is 0. The average Bonchev–Trinajstić information content (AvgIpc) is 2.13. The van der Waals surface area contributed by atoms with Gasteiger partial charge in [-0.05, 0) is 0 Å². The molecule has 0 radical (unpaired) electrons. The van der Waals surface area contributed by atoms with Gasteiger partial charge in [-0.2, -0.15) is 0 Å². The zero-order valence-corrected chi connectivity index (χ0v) is 8.16. The molecule has 0 unspecified atom stereocenters. The molecular weight excluding hydrogens is 138 g/mol. The van der Waals surface area contributed by atoms with Crippen LogP contribution in [0.1, 0.15) is 27.7 Å². The van der Waals surface area contributed by atoms with Gasteiger partial charge in [-0.25, -0.2) is 0 Å². The summed E-state index contributed by atoms with van der Waals surface area (Å²) in [6, 6.07) is 0. The van der Waals surface area contributed by atoms with Crippen LogP contribution in [-0.4, -0.2) is 11.9 Å². The van der Waals surface area contributed by atoms with E-state index in [1.54, 1.807) is 12.5 Å². The van der Waals surface area contributed by atoms with Crippen LogP contribution in [-0.2, 0) is 4.74 Å². The van der Waals surface area contributed by atoms with Gasteiger partial charge in [0.1, 0.15) is 12.5 Å². The van der Waals surface area contributed by atoms with Gasteiger partial charge in [0.15, 0.2) is 0 Å². The third kappa shape index (κ3) is 9.08. The molecule has 1 aliphatic rings. The second-order valence-corrected chi connectivity index (χ2v) is 1.37. The van der Waals surface area contributed by atoms with E-state index in [1.165, 1.54) is 0 Å². The molecule has 2 heteroatoms. The monoisotopic (exact) mass is 157 g/mol. The Balaban J connectivity index is 0. The number of nitrogens with zero attached hydrogens (tertiary/aromatic N) is 1. The second kappa shape index (κ2) is 11.8. The number of rotatable bonds is 0. The van der Waals surface area contributed by atoms with Crippen molar-refractivity contribution in [3.63, 3.8) is 0 Å². The van der Waals surface area contributed by atoms with E-state index < -0.39 is 0 Å². The van der Waals surface area contributed by atoms with E-state index in [-0.39, 0.29) is 0 Å². The number of hydrogen-bond acceptors (Lipinski definition) is 2. The lowest BCUT2D eigenvalue weighted by Gasteiger charge is -2.08. The standard InChI is InChI=1S/C5H7NO.2C2H6/c1-6-2-4-7-5-3-6;2*1-2/h2-5H,1H3;2*1-2H3. The summed E-state index contributed by atoms with van der Waals surface area (Å²) < 4.78 is 4.74. The fraction of sp³-hybridized carbons (Fsp3) is 0.556. The van der Waals surface area contributed by atoms with Crippen molar-refractivity contribution in [3.05, 3.63) is 24.9 Å². The van der Waals surface area contributed by atoms with Gasteiger partial charge in [-0.3, -0.25) is 0 Å². The molecule has 66 valence electrons. The molecule has 0 saturated carbocycles. The minimum absolute atomic E-state index is 1.62. The highest BCUT2D eigenvalue weighted by Gasteiger charge is 1.84. The molecule has 0 bridgehead atoms. The quantitative estimate of drug-likeness (QED) is 0.536. The Hall–Kier alpha value is -0.920. The van der Waals surface area contributed by atoms with Crippen molar-refractivity contribution in [1.82, 2.24) is 4.90 Å². The first kappa shape index (κ1) is 12.7. The zero-order chi connectivity index (χ0) is 9.11. The van der Waals surface area contributed by atoms with Crippen LogP contribution in [0.3, 0.4) is 0 Å². The van der Waals surface area contributed by atoms with Gasteiger partial charge in [0.25, 0.3) is 0 Å². The van der Waals surface area contributed by atoms with E-state index in [2.05, 4.69) is 0 Å². The fourth-order valence-corrected chi connectivity index (χ4v) is 0.357. The van der Waals surface area contributed by atoms with E-state index in [9.17, 15) is 0 Å². The van der Waals surface area contributed by atoms with E-state index in [0.29, 0.717) is 0 Å². The maximum atomic E-state index is 4.74. The SMILES string of the molecule is CC.CC.CN1C=COC=C1. The van der Waals surface area contributed by atoms with Crippen molar-refractivity contribution >= 4 is 0 Å². The van der Waals surface area contributed by atoms with E-state index in [1.807, 2.05) is 52.0 Å². The first-order valence-corrected chi connectivity index (χ1v) is 4.10. The zero-order valence-electron chi connectivity index (χ0n) is 8.16. The molecular formula is C9H19NO. The molecule has 0 aromatic carbocycles. The van der Waals surface area contributed by atoms with Crippen LogP contribution in [0.25, 0.3) is 0 Å². The summed E-state index contributed by atoms with van der Waals surface area (Å²) in [5.74, 6) is 0. The second-order valence-electron chi connectivity index (χ2n) is 1.37. The molecule has 1 rings (SSSR count). The summed E-state index contributed by atoms with van der Waals surface area (Å²) in [7, 11) is 1.94. The Morgan fingerprint density at radius 2 is 1.27 bits per heavy atom. The van der Waals surface area contributed by atoms with Crippen LogP contribution in [0.2, 0.25) is 0 Å². The van der Waals surface area contributed by atoms with Crippen molar-refractivity contribution in [1.29, 1.82) is 0 Å². The largest absolute Gasteiger partial charge is 0.470 e. The molecule has 11 heavy (non-hydrogen) atoms. The Morgan fingerprint density at radius 1 is 0.909 bits per heavy atom. The maximum Gasteiger partial charge on any atom is 0.106 e. The maximum absolute atomic E-state index is 4.74. The molecule has 1 aliphatic heterocycles. The minimum atomic E-state index is 1.62. The van der Waals surface area contributed by atoms with Crippen LogP contribution in [0, 0.1) is 0 Å². The lowest BCUT2D eigenvalue weighted by Crippen LogP contribution is -2.02. The Kier molecular flexibility index (Phi) is 13.7. The summed E-state index contributed by atoms with van der Waals surface area (Å²) in [4.78, 5) is 1.91. The van der Waals surface area contributed by atoms with E-state index in [0.717, 1.165) is 0 Å². The van der Waals surface area contributed by atoms with Gasteiger partial charge < -0.3 is 9.64 Å².